The van der Waals surface area contributed by atoms with Gasteiger partial charge in [0, 0.05) is 24.4 Å². The second kappa shape index (κ2) is 6.04. The molecule has 20 heavy (non-hydrogen) atoms. The van der Waals surface area contributed by atoms with Gasteiger partial charge < -0.3 is 5.32 Å². The highest BCUT2D eigenvalue weighted by Crippen LogP contribution is 2.29. The van der Waals surface area contributed by atoms with E-state index in [1.54, 1.807) is 23.1 Å². The van der Waals surface area contributed by atoms with Gasteiger partial charge in [0.1, 0.15) is 5.69 Å². The molecule has 0 spiro atoms. The monoisotopic (exact) mass is 294 g/mol. The SMILES string of the molecule is CCc1nn(C)c(NC(C)Cc2cccs2)c1[N+](=O)[O-]. The third-order valence-electron chi connectivity index (χ3n) is 3.08. The lowest BCUT2D eigenvalue weighted by Gasteiger charge is -2.13. The van der Waals surface area contributed by atoms with E-state index < -0.39 is 0 Å². The Bertz CT molecular complexity index is 592. The number of rotatable bonds is 6. The first kappa shape index (κ1) is 14.5. The molecule has 6 nitrogen and oxygen atoms in total. The molecule has 2 rings (SSSR count). The molecule has 108 valence electrons. The summed E-state index contributed by atoms with van der Waals surface area (Å²) in [5.74, 6) is 0.482. The Morgan fingerprint density at radius 3 is 2.90 bits per heavy atom. The Balaban J connectivity index is 2.20. The van der Waals surface area contributed by atoms with E-state index in [2.05, 4.69) is 16.5 Å². The third kappa shape index (κ3) is 2.98. The Morgan fingerprint density at radius 2 is 2.35 bits per heavy atom. The molecule has 0 fully saturated rings. The summed E-state index contributed by atoms with van der Waals surface area (Å²) < 4.78 is 1.56. The van der Waals surface area contributed by atoms with Gasteiger partial charge in [-0.1, -0.05) is 13.0 Å². The average molecular weight is 294 g/mol. The van der Waals surface area contributed by atoms with Crippen LogP contribution >= 0.6 is 11.3 Å². The average Bonchev–Trinajstić information content (AvgIpc) is 2.98. The highest BCUT2D eigenvalue weighted by Gasteiger charge is 2.26. The van der Waals surface area contributed by atoms with Gasteiger partial charge in [0.05, 0.1) is 4.92 Å². The summed E-state index contributed by atoms with van der Waals surface area (Å²) in [7, 11) is 1.73. The molecule has 0 radical (unpaired) electrons. The van der Waals surface area contributed by atoms with Gasteiger partial charge in [0.25, 0.3) is 0 Å². The van der Waals surface area contributed by atoms with Crippen LogP contribution in [-0.4, -0.2) is 20.7 Å². The third-order valence-corrected chi connectivity index (χ3v) is 3.98. The first-order valence-corrected chi connectivity index (χ1v) is 7.40. The molecule has 1 atom stereocenters. The van der Waals surface area contributed by atoms with E-state index in [1.807, 2.05) is 25.3 Å². The molecule has 1 N–H and O–H groups in total. The normalized spacial score (nSPS) is 12.3. The molecule has 2 heterocycles. The Morgan fingerprint density at radius 1 is 1.60 bits per heavy atom. The fraction of sp³-hybridized carbons (Fsp3) is 0.462. The molecule has 2 aromatic rings. The fourth-order valence-electron chi connectivity index (χ4n) is 2.18. The number of hydrogen-bond acceptors (Lipinski definition) is 5. The van der Waals surface area contributed by atoms with Crippen molar-refractivity contribution in [2.75, 3.05) is 5.32 Å². The molecule has 2 aromatic heterocycles. The number of anilines is 1. The van der Waals surface area contributed by atoms with Crippen LogP contribution in [0.15, 0.2) is 17.5 Å². The molecule has 0 aliphatic heterocycles. The lowest BCUT2D eigenvalue weighted by molar-refractivity contribution is -0.384. The van der Waals surface area contributed by atoms with Crippen LogP contribution in [0, 0.1) is 10.1 Å². The molecule has 0 aliphatic rings. The predicted molar refractivity (Wildman–Crippen MR) is 80.3 cm³/mol. The summed E-state index contributed by atoms with van der Waals surface area (Å²) >= 11 is 1.69. The molecular formula is C13H18N4O2S. The number of nitrogens with zero attached hydrogens (tertiary/aromatic N) is 3. The number of nitrogens with one attached hydrogen (secondary N) is 1. The van der Waals surface area contributed by atoms with E-state index >= 15 is 0 Å². The summed E-state index contributed by atoms with van der Waals surface area (Å²) in [6, 6.07) is 4.18. The molecule has 1 unspecified atom stereocenters. The second-order valence-electron chi connectivity index (χ2n) is 4.71. The number of aromatic nitrogens is 2. The predicted octanol–water partition coefficient (Wildman–Crippen LogP) is 3.00. The number of hydrogen-bond donors (Lipinski definition) is 1. The Kier molecular flexibility index (Phi) is 4.39. The second-order valence-corrected chi connectivity index (χ2v) is 5.74. The Labute approximate surface area is 121 Å². The number of thiophene rings is 1. The lowest BCUT2D eigenvalue weighted by atomic mass is 10.2. The van der Waals surface area contributed by atoms with E-state index in [1.165, 1.54) is 4.88 Å². The zero-order valence-corrected chi connectivity index (χ0v) is 12.6. The Hall–Kier alpha value is -1.89. The van der Waals surface area contributed by atoms with Gasteiger partial charge in [0.2, 0.25) is 5.82 Å². The van der Waals surface area contributed by atoms with Crippen molar-refractivity contribution < 1.29 is 4.92 Å². The molecule has 0 aliphatic carbocycles. The van der Waals surface area contributed by atoms with Gasteiger partial charge in [-0.15, -0.1) is 11.3 Å². The highest BCUT2D eigenvalue weighted by molar-refractivity contribution is 7.09. The van der Waals surface area contributed by atoms with Crippen LogP contribution < -0.4 is 5.32 Å². The topological polar surface area (TPSA) is 73.0 Å². The van der Waals surface area contributed by atoms with E-state index in [4.69, 9.17) is 0 Å². The number of aryl methyl sites for hydroxylation is 2. The van der Waals surface area contributed by atoms with E-state index in [9.17, 15) is 10.1 Å². The quantitative estimate of drug-likeness (QED) is 0.656. The zero-order chi connectivity index (χ0) is 14.7. The van der Waals surface area contributed by atoms with Crippen LogP contribution in [0.2, 0.25) is 0 Å². The molecule has 7 heteroatoms. The van der Waals surface area contributed by atoms with Gasteiger partial charge in [-0.2, -0.15) is 5.10 Å². The van der Waals surface area contributed by atoms with Crippen LogP contribution in [-0.2, 0) is 19.9 Å². The van der Waals surface area contributed by atoms with E-state index in [0.717, 1.165) is 6.42 Å². The fourth-order valence-corrected chi connectivity index (χ4v) is 3.01. The first-order chi connectivity index (χ1) is 9.52. The van der Waals surface area contributed by atoms with Gasteiger partial charge in [-0.05, 0) is 24.8 Å². The van der Waals surface area contributed by atoms with Crippen molar-refractivity contribution in [1.82, 2.24) is 9.78 Å². The summed E-state index contributed by atoms with van der Waals surface area (Å²) in [4.78, 5) is 12.1. The maximum absolute atomic E-state index is 11.2. The van der Waals surface area contributed by atoms with Crippen molar-refractivity contribution in [3.63, 3.8) is 0 Å². The van der Waals surface area contributed by atoms with Crippen LogP contribution in [0.4, 0.5) is 11.5 Å². The molecular weight excluding hydrogens is 276 g/mol. The number of nitro groups is 1. The molecule has 0 saturated heterocycles. The van der Waals surface area contributed by atoms with Crippen LogP contribution in [0.1, 0.15) is 24.4 Å². The summed E-state index contributed by atoms with van der Waals surface area (Å²) in [6.45, 7) is 3.89. The lowest BCUT2D eigenvalue weighted by Crippen LogP contribution is -2.20. The van der Waals surface area contributed by atoms with Gasteiger partial charge in [-0.25, -0.2) is 4.68 Å². The van der Waals surface area contributed by atoms with Crippen LogP contribution in [0.5, 0.6) is 0 Å². The molecule has 0 amide bonds. The summed E-state index contributed by atoms with van der Waals surface area (Å²) in [6.07, 6.45) is 1.38. The minimum Gasteiger partial charge on any atom is -0.362 e. The molecule has 0 bridgehead atoms. The van der Waals surface area contributed by atoms with Crippen molar-refractivity contribution in [2.24, 2.45) is 7.05 Å². The van der Waals surface area contributed by atoms with Crippen molar-refractivity contribution >= 4 is 22.8 Å². The van der Waals surface area contributed by atoms with Crippen molar-refractivity contribution in [2.45, 2.75) is 32.7 Å². The minimum absolute atomic E-state index is 0.0908. The molecule has 0 saturated carbocycles. The molecule has 0 aromatic carbocycles. The van der Waals surface area contributed by atoms with Crippen LogP contribution in [0.25, 0.3) is 0 Å². The van der Waals surface area contributed by atoms with Gasteiger partial charge >= 0.3 is 5.69 Å². The van der Waals surface area contributed by atoms with Crippen LogP contribution in [0.3, 0.4) is 0 Å². The summed E-state index contributed by atoms with van der Waals surface area (Å²) in [5, 5.41) is 20.7. The zero-order valence-electron chi connectivity index (χ0n) is 11.8. The van der Waals surface area contributed by atoms with Crippen molar-refractivity contribution in [1.29, 1.82) is 0 Å². The van der Waals surface area contributed by atoms with Crippen molar-refractivity contribution in [3.8, 4) is 0 Å². The highest BCUT2D eigenvalue weighted by atomic mass is 32.1. The van der Waals surface area contributed by atoms with Gasteiger partial charge in [0.15, 0.2) is 0 Å². The maximum Gasteiger partial charge on any atom is 0.333 e. The van der Waals surface area contributed by atoms with E-state index in [0.29, 0.717) is 17.9 Å². The van der Waals surface area contributed by atoms with Crippen molar-refractivity contribution in [3.05, 3.63) is 38.2 Å². The first-order valence-electron chi connectivity index (χ1n) is 6.52. The van der Waals surface area contributed by atoms with E-state index in [-0.39, 0.29) is 16.7 Å². The summed E-state index contributed by atoms with van der Waals surface area (Å²) in [5.41, 5.74) is 0.608. The van der Waals surface area contributed by atoms with Gasteiger partial charge in [-0.3, -0.25) is 10.1 Å². The maximum atomic E-state index is 11.2. The smallest absolute Gasteiger partial charge is 0.333 e. The minimum atomic E-state index is -0.355. The standard InChI is InChI=1S/C13H18N4O2S/c1-4-11-12(17(18)19)13(16(3)15-11)14-9(2)8-10-6-5-7-20-10/h5-7,9,14H,4,8H2,1-3H3. The largest absolute Gasteiger partial charge is 0.362 e.